The van der Waals surface area contributed by atoms with Gasteiger partial charge in [-0.2, -0.15) is 18.6 Å². The number of sulfone groups is 1. The number of rotatable bonds is 9. The van der Waals surface area contributed by atoms with Crippen LogP contribution in [0.25, 0.3) is 4.91 Å². The molecule has 0 heterocycles. The summed E-state index contributed by atoms with van der Waals surface area (Å²) in [5.41, 5.74) is 11.6. The van der Waals surface area contributed by atoms with Gasteiger partial charge in [-0.1, -0.05) is 25.3 Å². The van der Waals surface area contributed by atoms with Crippen LogP contribution in [0, 0.1) is 0 Å². The molecular weight excluding hydrogens is 556 g/mol. The SMILES string of the molecule is C=CS(=O)(=O)c1ccc(N=Nc2c(N)c(N=Nc3ccc(C(=C)S(=O)O)cc3)cc(S(=O)(=O)O)c2N)cc1. The molecule has 13 nitrogen and oxygen atoms in total. The van der Waals surface area contributed by atoms with E-state index < -0.39 is 41.6 Å². The van der Waals surface area contributed by atoms with Gasteiger partial charge in [0.1, 0.15) is 16.3 Å². The van der Waals surface area contributed by atoms with Crippen molar-refractivity contribution in [3.05, 3.63) is 78.7 Å². The fraction of sp³-hybridized carbons (Fsp3) is 0. The van der Waals surface area contributed by atoms with Gasteiger partial charge in [-0.25, -0.2) is 12.6 Å². The molecule has 198 valence electrons. The summed E-state index contributed by atoms with van der Waals surface area (Å²) < 4.78 is 77.4. The van der Waals surface area contributed by atoms with Crippen molar-refractivity contribution in [2.45, 2.75) is 9.79 Å². The molecule has 0 aromatic heterocycles. The highest BCUT2D eigenvalue weighted by molar-refractivity contribution is 7.94. The summed E-state index contributed by atoms with van der Waals surface area (Å²) in [5.74, 6) is 0. The topological polar surface area (TPSA) is 227 Å². The number of hydrogen-bond donors (Lipinski definition) is 4. The van der Waals surface area contributed by atoms with Crippen LogP contribution in [0.15, 0.2) is 103 Å². The van der Waals surface area contributed by atoms with Crippen molar-refractivity contribution in [3.8, 4) is 0 Å². The molecule has 6 N–H and O–H groups in total. The van der Waals surface area contributed by atoms with E-state index in [1.54, 1.807) is 0 Å². The minimum absolute atomic E-state index is 0.0129. The van der Waals surface area contributed by atoms with Gasteiger partial charge in [0.15, 0.2) is 20.9 Å². The van der Waals surface area contributed by atoms with Gasteiger partial charge in [-0.15, -0.1) is 10.2 Å². The molecule has 0 saturated carbocycles. The van der Waals surface area contributed by atoms with Crippen molar-refractivity contribution in [1.82, 2.24) is 0 Å². The Kier molecular flexibility index (Phi) is 8.33. The largest absolute Gasteiger partial charge is 0.396 e. The van der Waals surface area contributed by atoms with Crippen LogP contribution in [0.4, 0.5) is 34.1 Å². The zero-order valence-electron chi connectivity index (χ0n) is 19.3. The van der Waals surface area contributed by atoms with E-state index >= 15 is 0 Å². The normalized spacial score (nSPS) is 13.1. The first kappa shape index (κ1) is 28.5. The van der Waals surface area contributed by atoms with Crippen molar-refractivity contribution < 1.29 is 30.1 Å². The van der Waals surface area contributed by atoms with Crippen LogP contribution in [-0.2, 0) is 31.0 Å². The highest BCUT2D eigenvalue weighted by Crippen LogP contribution is 2.43. The number of nitrogens with two attached hydrogens (primary N) is 2. The van der Waals surface area contributed by atoms with Gasteiger partial charge in [0.2, 0.25) is 0 Å². The minimum atomic E-state index is -4.83. The summed E-state index contributed by atoms with van der Waals surface area (Å²) in [5, 5.41) is 16.5. The summed E-state index contributed by atoms with van der Waals surface area (Å²) in [6, 6.07) is 12.0. The van der Waals surface area contributed by atoms with Crippen molar-refractivity contribution in [2.75, 3.05) is 11.5 Å². The van der Waals surface area contributed by atoms with E-state index in [2.05, 4.69) is 33.6 Å². The molecule has 0 aliphatic heterocycles. The molecule has 0 bridgehead atoms. The van der Waals surface area contributed by atoms with Crippen LogP contribution in [0.2, 0.25) is 0 Å². The lowest BCUT2D eigenvalue weighted by Gasteiger charge is -2.10. The quantitative estimate of drug-likeness (QED) is 0.116. The highest BCUT2D eigenvalue weighted by atomic mass is 32.2. The average Bonchev–Trinajstić information content (AvgIpc) is 2.87. The summed E-state index contributed by atoms with van der Waals surface area (Å²) >= 11 is -2.25. The van der Waals surface area contributed by atoms with Gasteiger partial charge < -0.3 is 16.0 Å². The molecule has 0 saturated heterocycles. The van der Waals surface area contributed by atoms with Crippen molar-refractivity contribution in [3.63, 3.8) is 0 Å². The van der Waals surface area contributed by atoms with Crippen LogP contribution in [0.1, 0.15) is 5.56 Å². The van der Waals surface area contributed by atoms with E-state index in [0.717, 1.165) is 11.5 Å². The Morgan fingerprint density at radius 1 is 0.868 bits per heavy atom. The predicted molar refractivity (Wildman–Crippen MR) is 144 cm³/mol. The monoisotopic (exact) mass is 576 g/mol. The lowest BCUT2D eigenvalue weighted by atomic mass is 10.2. The number of benzene rings is 3. The molecule has 0 aliphatic rings. The second-order valence-corrected chi connectivity index (χ2v) is 11.6. The standard InChI is InChI=1S/C22H20N6O7S3/c1-3-37(31,32)17-10-8-16(9-11-17)26-28-22-20(23)18(12-19(21(22)24)38(33,34)35)27-25-15-6-4-14(5-7-15)13(2)36(29)30/h3-12H,1-2,23-24H2,(H,29,30)(H,33,34,35). The molecule has 0 fully saturated rings. The van der Waals surface area contributed by atoms with Gasteiger partial charge in [-0.05, 0) is 48.0 Å². The molecule has 0 radical (unpaired) electrons. The third-order valence-electron chi connectivity index (χ3n) is 4.92. The number of anilines is 2. The second-order valence-electron chi connectivity index (χ2n) is 7.37. The number of nitrogen functional groups attached to an aromatic ring is 2. The average molecular weight is 577 g/mol. The maximum Gasteiger partial charge on any atom is 0.296 e. The molecule has 0 spiro atoms. The molecule has 3 aromatic carbocycles. The van der Waals surface area contributed by atoms with E-state index in [-0.39, 0.29) is 38.2 Å². The van der Waals surface area contributed by atoms with Crippen LogP contribution in [-0.4, -0.2) is 30.1 Å². The van der Waals surface area contributed by atoms with E-state index in [1.165, 1.54) is 48.5 Å². The maximum atomic E-state index is 11.9. The van der Waals surface area contributed by atoms with Gasteiger partial charge in [-0.3, -0.25) is 4.55 Å². The Hall–Kier alpha value is -4.09. The third kappa shape index (κ3) is 6.42. The number of hydrogen-bond acceptors (Lipinski definition) is 11. The molecule has 1 unspecified atom stereocenters. The van der Waals surface area contributed by atoms with Crippen LogP contribution >= 0.6 is 0 Å². The molecular formula is C22H20N6O7S3. The highest BCUT2D eigenvalue weighted by Gasteiger charge is 2.22. The van der Waals surface area contributed by atoms with Gasteiger partial charge in [0.25, 0.3) is 10.1 Å². The van der Waals surface area contributed by atoms with Crippen molar-refractivity contribution in [1.29, 1.82) is 0 Å². The minimum Gasteiger partial charge on any atom is -0.396 e. The Morgan fingerprint density at radius 2 is 1.39 bits per heavy atom. The van der Waals surface area contributed by atoms with E-state index in [9.17, 15) is 25.6 Å². The summed E-state index contributed by atoms with van der Waals surface area (Å²) in [4.78, 5) is -0.774. The number of nitrogens with zero attached hydrogens (tertiary/aromatic N) is 4. The van der Waals surface area contributed by atoms with Crippen molar-refractivity contribution in [2.24, 2.45) is 20.5 Å². The Labute approximate surface area is 220 Å². The van der Waals surface area contributed by atoms with E-state index in [4.69, 9.17) is 16.0 Å². The summed E-state index contributed by atoms with van der Waals surface area (Å²) in [6.07, 6.45) is 0. The first-order chi connectivity index (χ1) is 17.7. The molecule has 0 amide bonds. The third-order valence-corrected chi connectivity index (χ3v) is 7.84. The first-order valence-electron chi connectivity index (χ1n) is 10.2. The fourth-order valence-corrected chi connectivity index (χ4v) is 4.58. The van der Waals surface area contributed by atoms with Crippen LogP contribution < -0.4 is 11.5 Å². The predicted octanol–water partition coefficient (Wildman–Crippen LogP) is 5.04. The Bertz CT molecular complexity index is 1720. The lowest BCUT2D eigenvalue weighted by molar-refractivity contribution is 0.483. The van der Waals surface area contributed by atoms with E-state index in [0.29, 0.717) is 5.56 Å². The summed E-state index contributed by atoms with van der Waals surface area (Å²) in [6.45, 7) is 6.75. The number of azo groups is 2. The smallest absolute Gasteiger partial charge is 0.296 e. The lowest BCUT2D eigenvalue weighted by Crippen LogP contribution is -2.05. The van der Waals surface area contributed by atoms with Gasteiger partial charge in [0, 0.05) is 5.41 Å². The summed E-state index contributed by atoms with van der Waals surface area (Å²) in [7, 11) is -8.49. The Balaban J connectivity index is 2.02. The molecule has 3 rings (SSSR count). The zero-order chi connectivity index (χ0) is 28.3. The van der Waals surface area contributed by atoms with Gasteiger partial charge in [0.05, 0.1) is 32.6 Å². The van der Waals surface area contributed by atoms with E-state index in [1.807, 2.05) is 0 Å². The van der Waals surface area contributed by atoms with Crippen LogP contribution in [0.5, 0.6) is 0 Å². The molecule has 16 heteroatoms. The fourth-order valence-electron chi connectivity index (χ4n) is 2.90. The second kappa shape index (κ2) is 11.1. The van der Waals surface area contributed by atoms with Gasteiger partial charge >= 0.3 is 0 Å². The Morgan fingerprint density at radius 3 is 1.89 bits per heavy atom. The molecule has 1 atom stereocenters. The maximum absolute atomic E-state index is 11.9. The zero-order valence-corrected chi connectivity index (χ0v) is 21.7. The molecule has 3 aromatic rings. The molecule has 0 aliphatic carbocycles. The first-order valence-corrected chi connectivity index (χ1v) is 14.2. The van der Waals surface area contributed by atoms with Crippen molar-refractivity contribution >= 4 is 70.1 Å². The van der Waals surface area contributed by atoms with Crippen LogP contribution in [0.3, 0.4) is 0 Å². The molecule has 38 heavy (non-hydrogen) atoms.